The summed E-state index contributed by atoms with van der Waals surface area (Å²) in [6.07, 6.45) is 1.30. The van der Waals surface area contributed by atoms with Crippen molar-refractivity contribution in [3.05, 3.63) is 38.9 Å². The number of carbonyl (C=O) groups excluding carboxylic acids is 1. The first-order valence-electron chi connectivity index (χ1n) is 6.38. The van der Waals surface area contributed by atoms with Gasteiger partial charge in [0.25, 0.3) is 11.6 Å². The molecule has 0 aliphatic carbocycles. The third-order valence-corrected chi connectivity index (χ3v) is 4.79. The van der Waals surface area contributed by atoms with E-state index in [1.165, 1.54) is 18.2 Å². The molecular formula is C13H14BrClN2O4. The van der Waals surface area contributed by atoms with Gasteiger partial charge in [0.15, 0.2) is 0 Å². The molecule has 1 saturated heterocycles. The quantitative estimate of drug-likeness (QED) is 0.497. The fourth-order valence-electron chi connectivity index (χ4n) is 2.21. The van der Waals surface area contributed by atoms with Gasteiger partial charge in [0, 0.05) is 29.6 Å². The van der Waals surface area contributed by atoms with Gasteiger partial charge in [0.2, 0.25) is 0 Å². The molecule has 1 aliphatic heterocycles. The third-order valence-electron chi connectivity index (χ3n) is 3.48. The molecule has 0 atom stereocenters. The highest BCUT2D eigenvalue weighted by Gasteiger charge is 2.34. The van der Waals surface area contributed by atoms with E-state index in [4.69, 9.17) is 16.3 Å². The number of nitrogens with one attached hydrogen (secondary N) is 1. The van der Waals surface area contributed by atoms with Crippen molar-refractivity contribution in [1.82, 2.24) is 5.32 Å². The summed E-state index contributed by atoms with van der Waals surface area (Å²) < 4.78 is 5.29. The maximum Gasteiger partial charge on any atom is 0.282 e. The molecule has 114 valence electrons. The Bertz CT molecular complexity index is 561. The predicted octanol–water partition coefficient (Wildman–Crippen LogP) is 2.92. The summed E-state index contributed by atoms with van der Waals surface area (Å²) >= 11 is 9.25. The molecule has 1 aliphatic rings. The smallest absolute Gasteiger partial charge is 0.282 e. The minimum Gasteiger partial charge on any atom is -0.381 e. The Morgan fingerprint density at radius 1 is 1.48 bits per heavy atom. The molecule has 21 heavy (non-hydrogen) atoms. The zero-order valence-electron chi connectivity index (χ0n) is 11.1. The number of alkyl halides is 1. The van der Waals surface area contributed by atoms with Gasteiger partial charge in [-0.2, -0.15) is 0 Å². The maximum absolute atomic E-state index is 12.4. The maximum atomic E-state index is 12.4. The van der Waals surface area contributed by atoms with Crippen molar-refractivity contribution in [3.63, 3.8) is 0 Å². The molecule has 0 radical (unpaired) electrons. The standard InChI is InChI=1S/C13H14BrClN2O4/c14-8-13(3-5-21-6-4-13)16-12(18)10-7-9(15)1-2-11(10)17(19)20/h1-2,7H,3-6,8H2,(H,16,18). The van der Waals surface area contributed by atoms with E-state index >= 15 is 0 Å². The van der Waals surface area contributed by atoms with E-state index in [9.17, 15) is 14.9 Å². The molecular weight excluding hydrogens is 364 g/mol. The van der Waals surface area contributed by atoms with E-state index in [-0.39, 0.29) is 16.3 Å². The highest BCUT2D eigenvalue weighted by Crippen LogP contribution is 2.27. The number of rotatable bonds is 4. The number of ether oxygens (including phenoxy) is 1. The van der Waals surface area contributed by atoms with Crippen molar-refractivity contribution in [2.24, 2.45) is 0 Å². The summed E-state index contributed by atoms with van der Waals surface area (Å²) in [5.74, 6) is -0.495. The first-order valence-corrected chi connectivity index (χ1v) is 7.87. The molecule has 0 spiro atoms. The van der Waals surface area contributed by atoms with Crippen LogP contribution in [0.4, 0.5) is 5.69 Å². The zero-order valence-corrected chi connectivity index (χ0v) is 13.4. The van der Waals surface area contributed by atoms with Crippen LogP contribution in [-0.2, 0) is 4.74 Å². The van der Waals surface area contributed by atoms with Gasteiger partial charge in [-0.15, -0.1) is 0 Å². The van der Waals surface area contributed by atoms with E-state index in [0.29, 0.717) is 31.4 Å². The van der Waals surface area contributed by atoms with Gasteiger partial charge in [0.05, 0.1) is 10.5 Å². The molecule has 0 bridgehead atoms. The number of hydrogen-bond donors (Lipinski definition) is 1. The van der Waals surface area contributed by atoms with Gasteiger partial charge in [-0.25, -0.2) is 0 Å². The Morgan fingerprint density at radius 3 is 2.71 bits per heavy atom. The fraction of sp³-hybridized carbons (Fsp3) is 0.462. The molecule has 1 aromatic carbocycles. The molecule has 1 heterocycles. The van der Waals surface area contributed by atoms with Crippen LogP contribution in [0.25, 0.3) is 0 Å². The molecule has 1 amide bonds. The minimum atomic E-state index is -0.587. The van der Waals surface area contributed by atoms with Gasteiger partial charge in [0.1, 0.15) is 5.56 Å². The molecule has 1 aromatic rings. The van der Waals surface area contributed by atoms with E-state index in [0.717, 1.165) is 0 Å². The second kappa shape index (κ2) is 6.72. The summed E-state index contributed by atoms with van der Waals surface area (Å²) in [4.78, 5) is 22.9. The molecule has 0 saturated carbocycles. The van der Waals surface area contributed by atoms with Gasteiger partial charge in [-0.3, -0.25) is 14.9 Å². The van der Waals surface area contributed by atoms with Crippen LogP contribution in [-0.4, -0.2) is 34.9 Å². The van der Waals surface area contributed by atoms with Crippen LogP contribution >= 0.6 is 27.5 Å². The lowest BCUT2D eigenvalue weighted by molar-refractivity contribution is -0.385. The lowest BCUT2D eigenvalue weighted by atomic mass is 9.92. The largest absolute Gasteiger partial charge is 0.381 e. The minimum absolute atomic E-state index is 0.0284. The van der Waals surface area contributed by atoms with Crippen LogP contribution in [0.15, 0.2) is 18.2 Å². The number of benzene rings is 1. The van der Waals surface area contributed by atoms with Crippen LogP contribution in [0.1, 0.15) is 23.2 Å². The van der Waals surface area contributed by atoms with Gasteiger partial charge in [-0.05, 0) is 25.0 Å². The van der Waals surface area contributed by atoms with Crippen LogP contribution in [0.2, 0.25) is 5.02 Å². The van der Waals surface area contributed by atoms with E-state index < -0.39 is 16.4 Å². The molecule has 1 N–H and O–H groups in total. The number of amides is 1. The van der Waals surface area contributed by atoms with Crippen molar-refractivity contribution in [1.29, 1.82) is 0 Å². The lowest BCUT2D eigenvalue weighted by Gasteiger charge is -2.36. The highest BCUT2D eigenvalue weighted by molar-refractivity contribution is 9.09. The van der Waals surface area contributed by atoms with E-state index in [1.807, 2.05) is 0 Å². The summed E-state index contributed by atoms with van der Waals surface area (Å²) in [6.45, 7) is 1.09. The van der Waals surface area contributed by atoms with Crippen molar-refractivity contribution in [2.75, 3.05) is 18.5 Å². The lowest BCUT2D eigenvalue weighted by Crippen LogP contribution is -2.53. The van der Waals surface area contributed by atoms with Gasteiger partial charge >= 0.3 is 0 Å². The molecule has 8 heteroatoms. The first kappa shape index (κ1) is 16.2. The van der Waals surface area contributed by atoms with Crippen LogP contribution in [0.5, 0.6) is 0 Å². The number of halogens is 2. The summed E-state index contributed by atoms with van der Waals surface area (Å²) in [6, 6.07) is 3.95. The van der Waals surface area contributed by atoms with Gasteiger partial charge < -0.3 is 10.1 Å². The zero-order chi connectivity index (χ0) is 15.5. The predicted molar refractivity (Wildman–Crippen MR) is 82.2 cm³/mol. The Morgan fingerprint density at radius 2 is 2.14 bits per heavy atom. The Balaban J connectivity index is 2.27. The molecule has 0 unspecified atom stereocenters. The van der Waals surface area contributed by atoms with E-state index in [1.54, 1.807) is 0 Å². The topological polar surface area (TPSA) is 81.5 Å². The first-order chi connectivity index (χ1) is 9.97. The summed E-state index contributed by atoms with van der Waals surface area (Å²) in [5, 5.41) is 14.8. The monoisotopic (exact) mass is 376 g/mol. The Kier molecular flexibility index (Phi) is 5.18. The SMILES string of the molecule is O=C(NC1(CBr)CCOCC1)c1cc(Cl)ccc1[N+](=O)[O-]. The van der Waals surface area contributed by atoms with Crippen LogP contribution in [0.3, 0.4) is 0 Å². The highest BCUT2D eigenvalue weighted by atomic mass is 79.9. The third kappa shape index (κ3) is 3.72. The fourth-order valence-corrected chi connectivity index (χ4v) is 3.08. The van der Waals surface area contributed by atoms with Crippen molar-refractivity contribution >= 4 is 39.1 Å². The molecule has 6 nitrogen and oxygen atoms in total. The Labute approximate surface area is 135 Å². The number of hydrogen-bond acceptors (Lipinski definition) is 4. The van der Waals surface area contributed by atoms with Crippen molar-refractivity contribution < 1.29 is 14.5 Å². The molecule has 2 rings (SSSR count). The number of carbonyl (C=O) groups is 1. The second-order valence-electron chi connectivity index (χ2n) is 4.90. The van der Waals surface area contributed by atoms with Crippen LogP contribution < -0.4 is 5.32 Å². The second-order valence-corrected chi connectivity index (χ2v) is 5.90. The normalized spacial score (nSPS) is 17.2. The molecule has 0 aromatic heterocycles. The Hall–Kier alpha value is -1.18. The average Bonchev–Trinajstić information content (AvgIpc) is 2.47. The summed E-state index contributed by atoms with van der Waals surface area (Å²) in [7, 11) is 0. The number of nitro groups is 1. The van der Waals surface area contributed by atoms with Crippen molar-refractivity contribution in [3.8, 4) is 0 Å². The summed E-state index contributed by atoms with van der Waals surface area (Å²) in [5.41, 5.74) is -0.737. The molecule has 1 fully saturated rings. The number of nitrogens with zero attached hydrogens (tertiary/aromatic N) is 1. The van der Waals surface area contributed by atoms with Crippen molar-refractivity contribution in [2.45, 2.75) is 18.4 Å². The van der Waals surface area contributed by atoms with E-state index in [2.05, 4.69) is 21.2 Å². The van der Waals surface area contributed by atoms with Gasteiger partial charge in [-0.1, -0.05) is 27.5 Å². The number of nitro benzene ring substituents is 1. The average molecular weight is 378 g/mol. The van der Waals surface area contributed by atoms with Crippen LogP contribution in [0, 0.1) is 10.1 Å².